The van der Waals surface area contributed by atoms with Crippen molar-refractivity contribution in [1.29, 1.82) is 0 Å². The molecule has 0 unspecified atom stereocenters. The van der Waals surface area contributed by atoms with Gasteiger partial charge in [0.15, 0.2) is 0 Å². The first kappa shape index (κ1) is 18.1. The summed E-state index contributed by atoms with van der Waals surface area (Å²) in [6, 6.07) is 5.64. The summed E-state index contributed by atoms with van der Waals surface area (Å²) >= 11 is 0. The van der Waals surface area contributed by atoms with E-state index in [4.69, 9.17) is 0 Å². The molecule has 0 saturated carbocycles. The van der Waals surface area contributed by atoms with Gasteiger partial charge in [-0.15, -0.1) is 0 Å². The zero-order valence-electron chi connectivity index (χ0n) is 15.8. The van der Waals surface area contributed by atoms with E-state index < -0.39 is 0 Å². The highest BCUT2D eigenvalue weighted by atomic mass is 16.2. The number of rotatable bonds is 5. The van der Waals surface area contributed by atoms with Gasteiger partial charge in [0.05, 0.1) is 23.9 Å². The van der Waals surface area contributed by atoms with Crippen LogP contribution in [0, 0.1) is 19.8 Å². The second-order valence-electron chi connectivity index (χ2n) is 6.96. The van der Waals surface area contributed by atoms with Gasteiger partial charge in [0.2, 0.25) is 11.8 Å². The molecule has 7 heteroatoms. The van der Waals surface area contributed by atoms with Crippen LogP contribution in [0.1, 0.15) is 29.1 Å². The van der Waals surface area contributed by atoms with E-state index in [0.717, 1.165) is 22.6 Å². The molecule has 0 spiro atoms. The molecule has 1 saturated heterocycles. The minimum absolute atomic E-state index is 0.00419. The largest absolute Gasteiger partial charge is 0.341 e. The molecular weight excluding hydrogens is 330 g/mol. The van der Waals surface area contributed by atoms with Crippen LogP contribution in [0.25, 0.3) is 0 Å². The van der Waals surface area contributed by atoms with Crippen molar-refractivity contribution in [1.82, 2.24) is 24.6 Å². The third-order valence-electron chi connectivity index (χ3n) is 5.07. The molecule has 2 amide bonds. The Morgan fingerprint density at radius 3 is 2.73 bits per heavy atom. The van der Waals surface area contributed by atoms with Gasteiger partial charge in [-0.05, 0) is 26.0 Å². The maximum Gasteiger partial charge on any atom is 0.228 e. The number of amides is 2. The van der Waals surface area contributed by atoms with Crippen LogP contribution in [0.5, 0.6) is 0 Å². The topological polar surface area (TPSA) is 71.3 Å². The predicted molar refractivity (Wildman–Crippen MR) is 96.9 cm³/mol. The number of aromatic nitrogens is 3. The van der Waals surface area contributed by atoms with Gasteiger partial charge in [-0.3, -0.25) is 19.3 Å². The Kier molecular flexibility index (Phi) is 5.06. The van der Waals surface area contributed by atoms with Gasteiger partial charge in [-0.1, -0.05) is 6.07 Å². The zero-order valence-corrected chi connectivity index (χ0v) is 15.8. The van der Waals surface area contributed by atoms with Gasteiger partial charge >= 0.3 is 0 Å². The lowest BCUT2D eigenvalue weighted by Crippen LogP contribution is -2.34. The van der Waals surface area contributed by atoms with Gasteiger partial charge in [-0.25, -0.2) is 0 Å². The molecule has 3 heterocycles. The molecule has 0 N–H and O–H groups in total. The highest BCUT2D eigenvalue weighted by Crippen LogP contribution is 2.23. The molecule has 1 aliphatic heterocycles. The van der Waals surface area contributed by atoms with Gasteiger partial charge in [0.1, 0.15) is 0 Å². The van der Waals surface area contributed by atoms with Crippen molar-refractivity contribution in [2.45, 2.75) is 33.4 Å². The minimum Gasteiger partial charge on any atom is -0.341 e. The fourth-order valence-electron chi connectivity index (χ4n) is 3.45. The van der Waals surface area contributed by atoms with E-state index in [1.807, 2.05) is 43.8 Å². The average molecular weight is 355 g/mol. The van der Waals surface area contributed by atoms with Crippen molar-refractivity contribution in [2.75, 3.05) is 13.6 Å². The Balaban J connectivity index is 1.63. The van der Waals surface area contributed by atoms with Crippen LogP contribution >= 0.6 is 0 Å². The lowest BCUT2D eigenvalue weighted by molar-refractivity contribution is -0.135. The Labute approximate surface area is 153 Å². The number of likely N-dealkylation sites (tertiary alicyclic amines) is 1. The quantitative estimate of drug-likeness (QED) is 0.814. The van der Waals surface area contributed by atoms with E-state index in [2.05, 4.69) is 10.1 Å². The first-order valence-electron chi connectivity index (χ1n) is 8.78. The van der Waals surface area contributed by atoms with Gasteiger partial charge < -0.3 is 9.80 Å². The number of hydrogen-bond acceptors (Lipinski definition) is 4. The Morgan fingerprint density at radius 2 is 2.12 bits per heavy atom. The summed E-state index contributed by atoms with van der Waals surface area (Å²) in [5.74, 6) is -0.283. The molecule has 3 rings (SSSR count). The fourth-order valence-corrected chi connectivity index (χ4v) is 3.45. The predicted octanol–water partition coefficient (Wildman–Crippen LogP) is 1.44. The summed E-state index contributed by atoms with van der Waals surface area (Å²) in [5.41, 5.74) is 3.90. The maximum absolute atomic E-state index is 12.8. The summed E-state index contributed by atoms with van der Waals surface area (Å²) in [6.45, 7) is 5.36. The normalized spacial score (nSPS) is 17.0. The van der Waals surface area contributed by atoms with Crippen LogP contribution in [0.4, 0.5) is 0 Å². The van der Waals surface area contributed by atoms with Crippen molar-refractivity contribution in [2.24, 2.45) is 13.0 Å². The number of nitrogens with zero attached hydrogens (tertiary/aromatic N) is 5. The van der Waals surface area contributed by atoms with Crippen LogP contribution in [-0.4, -0.2) is 50.0 Å². The van der Waals surface area contributed by atoms with E-state index in [1.165, 1.54) is 0 Å². The number of hydrogen-bond donors (Lipinski definition) is 0. The first-order chi connectivity index (χ1) is 12.4. The lowest BCUT2D eigenvalue weighted by atomic mass is 10.1. The highest BCUT2D eigenvalue weighted by molar-refractivity contribution is 5.89. The summed E-state index contributed by atoms with van der Waals surface area (Å²) < 4.78 is 1.83. The van der Waals surface area contributed by atoms with Gasteiger partial charge in [0, 0.05) is 51.1 Å². The molecular formula is C19H25N5O2. The molecule has 138 valence electrons. The fraction of sp³-hybridized carbons (Fsp3) is 0.474. The molecule has 0 aliphatic carbocycles. The molecule has 0 aromatic carbocycles. The van der Waals surface area contributed by atoms with Crippen molar-refractivity contribution < 1.29 is 9.59 Å². The van der Waals surface area contributed by atoms with Crippen LogP contribution in [-0.2, 0) is 29.7 Å². The average Bonchev–Trinajstić information content (AvgIpc) is 3.09. The SMILES string of the molecule is Cc1nn(C)c(C)c1CN(C)C(=O)[C@@H]1CC(=O)N(Cc2ccccn2)C1. The lowest BCUT2D eigenvalue weighted by Gasteiger charge is -2.21. The van der Waals surface area contributed by atoms with Crippen molar-refractivity contribution in [3.8, 4) is 0 Å². The number of aryl methyl sites for hydroxylation is 2. The standard InChI is InChI=1S/C19H25N5O2/c1-13-17(14(2)23(4)21-13)12-22(3)19(26)15-9-18(25)24(10-15)11-16-7-5-6-8-20-16/h5-8,15H,9-12H2,1-4H3/t15-/m1/s1. The van der Waals surface area contributed by atoms with Crippen molar-refractivity contribution in [3.63, 3.8) is 0 Å². The number of carbonyl (C=O) groups excluding carboxylic acids is 2. The minimum atomic E-state index is -0.298. The first-order valence-corrected chi connectivity index (χ1v) is 8.78. The van der Waals surface area contributed by atoms with Crippen LogP contribution in [0.15, 0.2) is 24.4 Å². The Bertz CT molecular complexity index is 815. The summed E-state index contributed by atoms with van der Waals surface area (Å²) in [4.78, 5) is 32.8. The van der Waals surface area contributed by atoms with Crippen LogP contribution < -0.4 is 0 Å². The molecule has 0 radical (unpaired) electrons. The highest BCUT2D eigenvalue weighted by Gasteiger charge is 2.36. The smallest absolute Gasteiger partial charge is 0.228 e. The van der Waals surface area contributed by atoms with Crippen molar-refractivity contribution >= 4 is 11.8 Å². The van der Waals surface area contributed by atoms with E-state index in [-0.39, 0.29) is 24.2 Å². The summed E-state index contributed by atoms with van der Waals surface area (Å²) in [6.07, 6.45) is 1.98. The molecule has 1 aliphatic rings. The van der Waals surface area contributed by atoms with E-state index >= 15 is 0 Å². The molecule has 1 atom stereocenters. The van der Waals surface area contributed by atoms with Crippen LogP contribution in [0.2, 0.25) is 0 Å². The molecule has 26 heavy (non-hydrogen) atoms. The molecule has 1 fully saturated rings. The van der Waals surface area contributed by atoms with Crippen LogP contribution in [0.3, 0.4) is 0 Å². The number of carbonyl (C=O) groups is 2. The summed E-state index contributed by atoms with van der Waals surface area (Å²) in [5, 5.41) is 4.40. The molecule has 2 aromatic heterocycles. The second kappa shape index (κ2) is 7.27. The monoisotopic (exact) mass is 355 g/mol. The zero-order chi connectivity index (χ0) is 18.8. The molecule has 2 aromatic rings. The molecule has 0 bridgehead atoms. The van der Waals surface area contributed by atoms with E-state index in [9.17, 15) is 9.59 Å². The Morgan fingerprint density at radius 1 is 1.35 bits per heavy atom. The second-order valence-corrected chi connectivity index (χ2v) is 6.96. The van der Waals surface area contributed by atoms with Gasteiger partial charge in [0.25, 0.3) is 0 Å². The van der Waals surface area contributed by atoms with E-state index in [1.54, 1.807) is 23.0 Å². The summed E-state index contributed by atoms with van der Waals surface area (Å²) in [7, 11) is 3.69. The van der Waals surface area contributed by atoms with Gasteiger partial charge in [-0.2, -0.15) is 5.10 Å². The van der Waals surface area contributed by atoms with Crippen molar-refractivity contribution in [3.05, 3.63) is 47.0 Å². The number of pyridine rings is 1. The maximum atomic E-state index is 12.8. The van der Waals surface area contributed by atoms with E-state index in [0.29, 0.717) is 19.6 Å². The molecule has 7 nitrogen and oxygen atoms in total. The third kappa shape index (κ3) is 3.61. The third-order valence-corrected chi connectivity index (χ3v) is 5.07. The Hall–Kier alpha value is -2.70.